The maximum atomic E-state index is 5.72. The second kappa shape index (κ2) is 5.08. The van der Waals surface area contributed by atoms with Gasteiger partial charge in [-0.1, -0.05) is 6.07 Å². The van der Waals surface area contributed by atoms with Crippen LogP contribution in [-0.4, -0.2) is 26.2 Å². The van der Waals surface area contributed by atoms with Gasteiger partial charge in [-0.3, -0.25) is 0 Å². The van der Waals surface area contributed by atoms with E-state index in [0.29, 0.717) is 0 Å². The van der Waals surface area contributed by atoms with Crippen LogP contribution in [-0.2, 0) is 0 Å². The largest absolute Gasteiger partial charge is 0.399 e. The van der Waals surface area contributed by atoms with Gasteiger partial charge < -0.3 is 16.0 Å². The molecular weight excluding hydrogens is 198 g/mol. The number of rotatable bonds is 1. The Kier molecular flexibility index (Phi) is 4.04. The lowest BCUT2D eigenvalue weighted by Gasteiger charge is -2.29. The van der Waals surface area contributed by atoms with Crippen molar-refractivity contribution in [3.05, 3.63) is 24.3 Å². The summed E-state index contributed by atoms with van der Waals surface area (Å²) in [6.07, 6.45) is 0. The molecule has 1 aromatic rings. The lowest BCUT2D eigenvalue weighted by Crippen LogP contribution is -2.43. The van der Waals surface area contributed by atoms with Crippen molar-refractivity contribution in [2.24, 2.45) is 0 Å². The van der Waals surface area contributed by atoms with Crippen LogP contribution in [0.25, 0.3) is 0 Å². The number of nitrogens with two attached hydrogens (primary N) is 1. The standard InChI is InChI=1S/C10H15N3.ClH/c11-9-2-1-3-10(8-9)13-6-4-12-5-7-13;/h1-3,8,12H,4-7,11H2;1H. The van der Waals surface area contributed by atoms with Gasteiger partial charge in [0, 0.05) is 37.6 Å². The first kappa shape index (κ1) is 11.1. The molecule has 1 fully saturated rings. The lowest BCUT2D eigenvalue weighted by molar-refractivity contribution is 0.589. The van der Waals surface area contributed by atoms with Crippen LogP contribution in [0.2, 0.25) is 0 Å². The highest BCUT2D eigenvalue weighted by molar-refractivity contribution is 5.85. The molecule has 0 atom stereocenters. The van der Waals surface area contributed by atoms with E-state index in [1.54, 1.807) is 0 Å². The summed E-state index contributed by atoms with van der Waals surface area (Å²) in [5.74, 6) is 0. The number of halogens is 1. The van der Waals surface area contributed by atoms with E-state index >= 15 is 0 Å². The van der Waals surface area contributed by atoms with E-state index in [9.17, 15) is 0 Å². The Morgan fingerprint density at radius 1 is 1.21 bits per heavy atom. The summed E-state index contributed by atoms with van der Waals surface area (Å²) in [7, 11) is 0. The van der Waals surface area contributed by atoms with E-state index in [-0.39, 0.29) is 12.4 Å². The minimum Gasteiger partial charge on any atom is -0.399 e. The molecule has 78 valence electrons. The predicted molar refractivity (Wildman–Crippen MR) is 63.2 cm³/mol. The van der Waals surface area contributed by atoms with Crippen molar-refractivity contribution in [2.75, 3.05) is 36.8 Å². The first-order valence-corrected chi connectivity index (χ1v) is 4.67. The molecule has 1 aromatic carbocycles. The van der Waals surface area contributed by atoms with Crippen molar-refractivity contribution < 1.29 is 0 Å². The SMILES string of the molecule is Cl.Nc1cccc(N2CCNCC2)c1. The zero-order valence-corrected chi connectivity index (χ0v) is 8.89. The molecule has 1 aliphatic rings. The second-order valence-corrected chi connectivity index (χ2v) is 3.33. The summed E-state index contributed by atoms with van der Waals surface area (Å²) < 4.78 is 0. The molecule has 0 bridgehead atoms. The number of nitrogens with zero attached hydrogens (tertiary/aromatic N) is 1. The van der Waals surface area contributed by atoms with Crippen molar-refractivity contribution >= 4 is 23.8 Å². The molecule has 14 heavy (non-hydrogen) atoms. The van der Waals surface area contributed by atoms with Gasteiger partial charge in [0.25, 0.3) is 0 Å². The molecule has 0 spiro atoms. The molecule has 4 heteroatoms. The Hall–Kier alpha value is -0.930. The van der Waals surface area contributed by atoms with E-state index in [2.05, 4.69) is 16.3 Å². The molecule has 3 nitrogen and oxygen atoms in total. The molecule has 0 unspecified atom stereocenters. The maximum Gasteiger partial charge on any atom is 0.0387 e. The Morgan fingerprint density at radius 2 is 1.93 bits per heavy atom. The number of nitrogen functional groups attached to an aromatic ring is 1. The number of hydrogen-bond acceptors (Lipinski definition) is 3. The predicted octanol–water partition coefficient (Wildman–Crippen LogP) is 1.10. The van der Waals surface area contributed by atoms with Gasteiger partial charge in [0.05, 0.1) is 0 Å². The smallest absolute Gasteiger partial charge is 0.0387 e. The van der Waals surface area contributed by atoms with Crippen LogP contribution in [0, 0.1) is 0 Å². The molecule has 1 heterocycles. The summed E-state index contributed by atoms with van der Waals surface area (Å²) in [6, 6.07) is 8.07. The normalized spacial score (nSPS) is 16.1. The Labute approximate surface area is 90.7 Å². The van der Waals surface area contributed by atoms with Crippen molar-refractivity contribution in [3.63, 3.8) is 0 Å². The zero-order valence-electron chi connectivity index (χ0n) is 8.07. The fraction of sp³-hybridized carbons (Fsp3) is 0.400. The molecule has 0 aromatic heterocycles. The molecule has 0 radical (unpaired) electrons. The topological polar surface area (TPSA) is 41.3 Å². The van der Waals surface area contributed by atoms with Gasteiger partial charge in [-0.15, -0.1) is 12.4 Å². The summed E-state index contributed by atoms with van der Waals surface area (Å²) in [6.45, 7) is 4.27. The molecule has 0 aliphatic carbocycles. The van der Waals surface area contributed by atoms with E-state index in [4.69, 9.17) is 5.73 Å². The third-order valence-electron chi connectivity index (χ3n) is 2.35. The fourth-order valence-corrected chi connectivity index (χ4v) is 1.64. The van der Waals surface area contributed by atoms with E-state index < -0.39 is 0 Å². The summed E-state index contributed by atoms with van der Waals surface area (Å²) >= 11 is 0. The summed E-state index contributed by atoms with van der Waals surface area (Å²) in [5.41, 5.74) is 7.80. The summed E-state index contributed by atoms with van der Waals surface area (Å²) in [5, 5.41) is 3.33. The van der Waals surface area contributed by atoms with Crippen LogP contribution >= 0.6 is 12.4 Å². The molecule has 3 N–H and O–H groups in total. The highest BCUT2D eigenvalue weighted by Gasteiger charge is 2.09. The molecule has 1 saturated heterocycles. The van der Waals surface area contributed by atoms with Crippen LogP contribution in [0.4, 0.5) is 11.4 Å². The minimum atomic E-state index is 0. The van der Waals surface area contributed by atoms with E-state index in [1.807, 2.05) is 18.2 Å². The zero-order chi connectivity index (χ0) is 9.10. The van der Waals surface area contributed by atoms with Crippen LogP contribution in [0.1, 0.15) is 0 Å². The Morgan fingerprint density at radius 3 is 2.57 bits per heavy atom. The quantitative estimate of drug-likeness (QED) is 0.687. The molecule has 0 amide bonds. The number of hydrogen-bond donors (Lipinski definition) is 2. The van der Waals surface area contributed by atoms with Crippen LogP contribution < -0.4 is 16.0 Å². The van der Waals surface area contributed by atoms with Crippen molar-refractivity contribution in [1.29, 1.82) is 0 Å². The fourth-order valence-electron chi connectivity index (χ4n) is 1.64. The van der Waals surface area contributed by atoms with Crippen LogP contribution in [0.5, 0.6) is 0 Å². The highest BCUT2D eigenvalue weighted by atomic mass is 35.5. The van der Waals surface area contributed by atoms with Gasteiger partial charge in [0.1, 0.15) is 0 Å². The molecular formula is C10H16ClN3. The molecule has 1 aliphatic heterocycles. The monoisotopic (exact) mass is 213 g/mol. The van der Waals surface area contributed by atoms with Gasteiger partial charge in [0.2, 0.25) is 0 Å². The average Bonchev–Trinajstić information content (AvgIpc) is 2.19. The highest BCUT2D eigenvalue weighted by Crippen LogP contribution is 2.17. The second-order valence-electron chi connectivity index (χ2n) is 3.33. The molecule has 2 rings (SSSR count). The van der Waals surface area contributed by atoms with Crippen LogP contribution in [0.3, 0.4) is 0 Å². The third-order valence-corrected chi connectivity index (χ3v) is 2.35. The van der Waals surface area contributed by atoms with Crippen molar-refractivity contribution in [2.45, 2.75) is 0 Å². The minimum absolute atomic E-state index is 0. The number of nitrogens with one attached hydrogen (secondary N) is 1. The number of anilines is 2. The lowest BCUT2D eigenvalue weighted by atomic mass is 10.2. The van der Waals surface area contributed by atoms with Gasteiger partial charge in [0.15, 0.2) is 0 Å². The molecule has 0 saturated carbocycles. The van der Waals surface area contributed by atoms with E-state index in [0.717, 1.165) is 31.9 Å². The maximum absolute atomic E-state index is 5.72. The van der Waals surface area contributed by atoms with Crippen molar-refractivity contribution in [1.82, 2.24) is 5.32 Å². The van der Waals surface area contributed by atoms with Gasteiger partial charge in [-0.25, -0.2) is 0 Å². The van der Waals surface area contributed by atoms with Crippen LogP contribution in [0.15, 0.2) is 24.3 Å². The Balaban J connectivity index is 0.000000980. The number of benzene rings is 1. The third kappa shape index (κ3) is 2.53. The van der Waals surface area contributed by atoms with E-state index in [1.165, 1.54) is 5.69 Å². The van der Waals surface area contributed by atoms with Gasteiger partial charge in [-0.05, 0) is 18.2 Å². The Bertz CT molecular complexity index is 284. The summed E-state index contributed by atoms with van der Waals surface area (Å²) in [4.78, 5) is 2.35. The number of piperazine rings is 1. The van der Waals surface area contributed by atoms with Gasteiger partial charge >= 0.3 is 0 Å². The first-order valence-electron chi connectivity index (χ1n) is 4.67. The first-order chi connectivity index (χ1) is 6.36. The van der Waals surface area contributed by atoms with Crippen molar-refractivity contribution in [3.8, 4) is 0 Å². The van der Waals surface area contributed by atoms with Gasteiger partial charge in [-0.2, -0.15) is 0 Å². The average molecular weight is 214 g/mol.